The minimum atomic E-state index is -4.95. The van der Waals surface area contributed by atoms with Crippen molar-refractivity contribution < 1.29 is 80.2 Å². The topological polar surface area (TPSA) is 237 Å². The Bertz CT molecular complexity index is 1680. The summed E-state index contributed by atoms with van der Waals surface area (Å²) in [6, 6.07) is 0. The van der Waals surface area contributed by atoms with E-state index in [2.05, 4.69) is 41.5 Å². The number of phosphoric ester groups is 2. The van der Waals surface area contributed by atoms with Crippen LogP contribution in [0.1, 0.15) is 337 Å². The lowest BCUT2D eigenvalue weighted by Crippen LogP contribution is -2.30. The van der Waals surface area contributed by atoms with Gasteiger partial charge >= 0.3 is 39.5 Å². The Balaban J connectivity index is 5.23. The number of aliphatic hydroxyl groups is 1. The van der Waals surface area contributed by atoms with Gasteiger partial charge in [-0.25, -0.2) is 9.13 Å². The Morgan fingerprint density at radius 3 is 0.791 bits per heavy atom. The molecule has 0 saturated heterocycles. The van der Waals surface area contributed by atoms with Crippen LogP contribution in [0.4, 0.5) is 0 Å². The van der Waals surface area contributed by atoms with Crippen molar-refractivity contribution in [3.63, 3.8) is 0 Å². The molecule has 0 aliphatic heterocycles. The smallest absolute Gasteiger partial charge is 0.462 e. The van der Waals surface area contributed by atoms with Crippen LogP contribution in [0.25, 0.3) is 0 Å². The summed E-state index contributed by atoms with van der Waals surface area (Å²) in [6.45, 7) is 9.45. The van der Waals surface area contributed by atoms with Gasteiger partial charge in [-0.15, -0.1) is 0 Å². The van der Waals surface area contributed by atoms with Gasteiger partial charge in [0.15, 0.2) is 12.2 Å². The minimum absolute atomic E-state index is 0.104. The Kier molecular flexibility index (Phi) is 58.0. The van der Waals surface area contributed by atoms with E-state index in [4.69, 9.17) is 37.0 Å². The molecule has 0 radical (unpaired) electrons. The summed E-state index contributed by atoms with van der Waals surface area (Å²) in [5.74, 6) is -0.654. The van der Waals surface area contributed by atoms with Crippen LogP contribution in [0.2, 0.25) is 0 Å². The quantitative estimate of drug-likeness (QED) is 0.0222. The van der Waals surface area contributed by atoms with Crippen molar-refractivity contribution in [2.75, 3.05) is 39.6 Å². The molecule has 19 heteroatoms. The maximum absolute atomic E-state index is 13.0. The van der Waals surface area contributed by atoms with Gasteiger partial charge in [0.1, 0.15) is 19.3 Å². The van der Waals surface area contributed by atoms with E-state index in [1.54, 1.807) is 0 Å². The molecule has 5 atom stereocenters. The fraction of sp³-hybridized carbons (Fsp3) is 0.940. The molecule has 0 bridgehead atoms. The molecule has 0 aliphatic carbocycles. The van der Waals surface area contributed by atoms with Crippen molar-refractivity contribution in [1.29, 1.82) is 0 Å². The molecule has 0 spiro atoms. The number of carbonyl (C=O) groups is 4. The fourth-order valence-corrected chi connectivity index (χ4v) is 11.6. The summed E-state index contributed by atoms with van der Waals surface area (Å²) in [7, 11) is -9.89. The van der Waals surface area contributed by atoms with Crippen LogP contribution in [0.3, 0.4) is 0 Å². The summed E-state index contributed by atoms with van der Waals surface area (Å²) in [5, 5.41) is 10.6. The second kappa shape index (κ2) is 59.4. The summed E-state index contributed by atoms with van der Waals surface area (Å²) in [5.41, 5.74) is 0. The van der Waals surface area contributed by atoms with Gasteiger partial charge < -0.3 is 33.8 Å². The lowest BCUT2D eigenvalue weighted by atomic mass is 10.0. The number of rotatable bonds is 66. The predicted octanol–water partition coefficient (Wildman–Crippen LogP) is 18.8. The monoisotopic (exact) mass is 1270 g/mol. The highest BCUT2D eigenvalue weighted by atomic mass is 31.2. The number of carbonyl (C=O) groups excluding carboxylic acids is 4. The van der Waals surface area contributed by atoms with E-state index in [1.165, 1.54) is 148 Å². The molecule has 3 N–H and O–H groups in total. The van der Waals surface area contributed by atoms with E-state index >= 15 is 0 Å². The number of phosphoric acid groups is 2. The van der Waals surface area contributed by atoms with Crippen LogP contribution in [-0.2, 0) is 65.4 Å². The normalized spacial score (nSPS) is 14.2. The third-order valence-electron chi connectivity index (χ3n) is 15.5. The summed E-state index contributed by atoms with van der Waals surface area (Å²) >= 11 is 0. The third-order valence-corrected chi connectivity index (χ3v) is 17.4. The molecule has 0 aromatic carbocycles. The van der Waals surface area contributed by atoms with E-state index < -0.39 is 97.5 Å². The van der Waals surface area contributed by atoms with Crippen molar-refractivity contribution in [1.82, 2.24) is 0 Å². The maximum atomic E-state index is 13.0. The summed E-state index contributed by atoms with van der Waals surface area (Å²) in [6.07, 6.45) is 43.1. The second-order valence-corrected chi connectivity index (χ2v) is 28.1. The van der Waals surface area contributed by atoms with Gasteiger partial charge in [-0.2, -0.15) is 0 Å². The molecule has 0 rings (SSSR count). The number of esters is 4. The maximum Gasteiger partial charge on any atom is 0.472 e. The van der Waals surface area contributed by atoms with Crippen molar-refractivity contribution in [3.05, 3.63) is 0 Å². The van der Waals surface area contributed by atoms with Crippen molar-refractivity contribution in [2.45, 2.75) is 355 Å². The minimum Gasteiger partial charge on any atom is -0.462 e. The van der Waals surface area contributed by atoms with Gasteiger partial charge in [-0.3, -0.25) is 37.3 Å². The van der Waals surface area contributed by atoms with Gasteiger partial charge in [-0.1, -0.05) is 286 Å². The van der Waals surface area contributed by atoms with Gasteiger partial charge in [0.2, 0.25) is 0 Å². The first-order valence-electron chi connectivity index (χ1n) is 35.0. The Morgan fingerprint density at radius 1 is 0.314 bits per heavy atom. The average molecular weight is 1270 g/mol. The highest BCUT2D eigenvalue weighted by molar-refractivity contribution is 7.47. The van der Waals surface area contributed by atoms with E-state index in [9.17, 15) is 43.2 Å². The zero-order valence-corrected chi connectivity index (χ0v) is 57.4. The number of ether oxygens (including phenoxy) is 4. The fourth-order valence-electron chi connectivity index (χ4n) is 10.1. The molecular weight excluding hydrogens is 1140 g/mol. The Hall–Kier alpha value is -1.94. The number of hydrogen-bond acceptors (Lipinski definition) is 15. The zero-order chi connectivity index (χ0) is 63.6. The molecule has 0 saturated carbocycles. The van der Waals surface area contributed by atoms with Gasteiger partial charge in [0.25, 0.3) is 0 Å². The molecular formula is C67H130O17P2. The lowest BCUT2D eigenvalue weighted by molar-refractivity contribution is -0.161. The number of hydrogen-bond donors (Lipinski definition) is 3. The molecule has 86 heavy (non-hydrogen) atoms. The van der Waals surface area contributed by atoms with Crippen molar-refractivity contribution in [2.24, 2.45) is 11.8 Å². The van der Waals surface area contributed by atoms with E-state index in [1.807, 2.05) is 0 Å². The Labute approximate surface area is 524 Å². The standard InChI is InChI=1S/C67H130O17P2/c1-7-9-11-13-15-17-18-19-20-21-26-33-39-45-51-66(71)83-63(56-78-65(70)50-44-38-32-25-23-22-24-29-35-41-47-59(3)4)58-82-86(75,76)80-54-61(68)53-79-85(73,74)81-57-62(55-77-64(69)49-43-37-31-16-14-12-10-8-2)84-67(72)52-46-40-34-28-27-30-36-42-48-60(5)6/h59-63,68H,7-58H2,1-6H3,(H,73,74)(H,75,76)/t61-,62+,63+/m0/s1. The van der Waals surface area contributed by atoms with E-state index in [0.717, 1.165) is 108 Å². The highest BCUT2D eigenvalue weighted by Crippen LogP contribution is 2.45. The molecule has 0 heterocycles. The summed E-state index contributed by atoms with van der Waals surface area (Å²) < 4.78 is 68.1. The number of aliphatic hydroxyl groups excluding tert-OH is 1. The SMILES string of the molecule is CCCCCCCCCCCCCCCCC(=O)O[C@H](COC(=O)CCCCCCCCCCCCC(C)C)COP(=O)(O)OC[C@@H](O)COP(=O)(O)OC[C@@H](COC(=O)CCCCCCCCCC)OC(=O)CCCCCCCCCCC(C)C. The molecule has 17 nitrogen and oxygen atoms in total. The van der Waals surface area contributed by atoms with Crippen LogP contribution < -0.4 is 0 Å². The molecule has 0 aromatic heterocycles. The van der Waals surface area contributed by atoms with Crippen LogP contribution in [0, 0.1) is 11.8 Å². The summed E-state index contributed by atoms with van der Waals surface area (Å²) in [4.78, 5) is 72.3. The number of unbranched alkanes of at least 4 members (excludes halogenated alkanes) is 36. The van der Waals surface area contributed by atoms with Crippen LogP contribution in [-0.4, -0.2) is 96.7 Å². The van der Waals surface area contributed by atoms with Gasteiger partial charge in [0, 0.05) is 25.7 Å². The molecule has 0 amide bonds. The third kappa shape index (κ3) is 60.9. The lowest BCUT2D eigenvalue weighted by Gasteiger charge is -2.21. The first-order valence-corrected chi connectivity index (χ1v) is 38.0. The average Bonchev–Trinajstić information content (AvgIpc) is 3.68. The molecule has 0 aliphatic rings. The largest absolute Gasteiger partial charge is 0.472 e. The zero-order valence-electron chi connectivity index (χ0n) is 55.6. The molecule has 2 unspecified atom stereocenters. The van der Waals surface area contributed by atoms with Crippen LogP contribution in [0.15, 0.2) is 0 Å². The van der Waals surface area contributed by atoms with Gasteiger partial charge in [0.05, 0.1) is 26.4 Å². The highest BCUT2D eigenvalue weighted by Gasteiger charge is 2.30. The van der Waals surface area contributed by atoms with E-state index in [0.29, 0.717) is 25.7 Å². The molecule has 0 fully saturated rings. The van der Waals surface area contributed by atoms with Crippen molar-refractivity contribution >= 4 is 39.5 Å². The Morgan fingerprint density at radius 2 is 0.535 bits per heavy atom. The second-order valence-electron chi connectivity index (χ2n) is 25.2. The first kappa shape index (κ1) is 84.1. The predicted molar refractivity (Wildman–Crippen MR) is 345 cm³/mol. The van der Waals surface area contributed by atoms with Crippen LogP contribution in [0.5, 0.6) is 0 Å². The first-order chi connectivity index (χ1) is 41.4. The van der Waals surface area contributed by atoms with Gasteiger partial charge in [-0.05, 0) is 37.5 Å². The van der Waals surface area contributed by atoms with Crippen LogP contribution >= 0.6 is 15.6 Å². The van der Waals surface area contributed by atoms with E-state index in [-0.39, 0.29) is 25.7 Å². The molecule has 0 aromatic rings. The molecule has 510 valence electrons. The van der Waals surface area contributed by atoms with Crippen molar-refractivity contribution in [3.8, 4) is 0 Å².